The lowest BCUT2D eigenvalue weighted by Gasteiger charge is -2.41. The predicted octanol–water partition coefficient (Wildman–Crippen LogP) is 5.52. The van der Waals surface area contributed by atoms with Crippen molar-refractivity contribution in [1.82, 2.24) is 0 Å². The van der Waals surface area contributed by atoms with Crippen LogP contribution in [0.2, 0.25) is 0 Å². The van der Waals surface area contributed by atoms with Crippen LogP contribution in [0.25, 0.3) is 0 Å². The number of aliphatic hydroxyl groups is 1. The van der Waals surface area contributed by atoms with Crippen LogP contribution >= 0.6 is 0 Å². The molecule has 1 atom stereocenters. The van der Waals surface area contributed by atoms with Crippen LogP contribution in [0.5, 0.6) is 0 Å². The highest BCUT2D eigenvalue weighted by molar-refractivity contribution is 5.11. The summed E-state index contributed by atoms with van der Waals surface area (Å²) in [5.41, 5.74) is 0. The molecule has 0 saturated heterocycles. The van der Waals surface area contributed by atoms with Gasteiger partial charge in [-0.1, -0.05) is 19.8 Å². The first kappa shape index (κ1) is 25.1. The standard InChI is InChI=1S/C12H13F13O/c1-2-3-4-6(5-26)7(13,14)8(15,16)9(17,18)10(19,20)11(21,22)12(23,24)25/h6,26H,2-5H2,1H3. The van der Waals surface area contributed by atoms with Crippen molar-refractivity contribution in [3.63, 3.8) is 0 Å². The zero-order valence-corrected chi connectivity index (χ0v) is 12.8. The molecule has 0 aliphatic heterocycles. The first-order valence-electron chi connectivity index (χ1n) is 6.84. The summed E-state index contributed by atoms with van der Waals surface area (Å²) in [5, 5.41) is 8.64. The number of rotatable bonds is 9. The van der Waals surface area contributed by atoms with Crippen LogP contribution in [0.4, 0.5) is 57.1 Å². The maximum atomic E-state index is 13.7. The predicted molar refractivity (Wildman–Crippen MR) is 60.9 cm³/mol. The minimum absolute atomic E-state index is 0.0108. The number of halogens is 13. The normalized spacial score (nSPS) is 16.7. The van der Waals surface area contributed by atoms with Gasteiger partial charge in [-0.25, -0.2) is 0 Å². The maximum Gasteiger partial charge on any atom is 0.460 e. The summed E-state index contributed by atoms with van der Waals surface area (Å²) < 4.78 is 168. The van der Waals surface area contributed by atoms with Gasteiger partial charge < -0.3 is 5.11 Å². The minimum Gasteiger partial charge on any atom is -0.396 e. The van der Waals surface area contributed by atoms with E-state index in [0.29, 0.717) is 0 Å². The topological polar surface area (TPSA) is 20.2 Å². The van der Waals surface area contributed by atoms with Crippen molar-refractivity contribution in [2.75, 3.05) is 6.61 Å². The molecule has 0 saturated carbocycles. The van der Waals surface area contributed by atoms with Gasteiger partial charge in [-0.3, -0.25) is 0 Å². The van der Waals surface area contributed by atoms with E-state index in [1.807, 2.05) is 0 Å². The zero-order chi connectivity index (χ0) is 21.4. The molecule has 158 valence electrons. The van der Waals surface area contributed by atoms with Gasteiger partial charge in [0.2, 0.25) is 0 Å². The summed E-state index contributed by atoms with van der Waals surface area (Å²) in [6, 6.07) is 0. The maximum absolute atomic E-state index is 13.7. The highest BCUT2D eigenvalue weighted by atomic mass is 19.4. The first-order chi connectivity index (χ1) is 11.3. The van der Waals surface area contributed by atoms with Crippen LogP contribution < -0.4 is 0 Å². The summed E-state index contributed by atoms with van der Waals surface area (Å²) in [6.07, 6.45) is -8.90. The smallest absolute Gasteiger partial charge is 0.396 e. The molecular formula is C12H13F13O. The summed E-state index contributed by atoms with van der Waals surface area (Å²) in [6.45, 7) is -0.614. The van der Waals surface area contributed by atoms with Gasteiger partial charge in [0.1, 0.15) is 0 Å². The fraction of sp³-hybridized carbons (Fsp3) is 1.00. The van der Waals surface area contributed by atoms with Crippen molar-refractivity contribution in [2.24, 2.45) is 5.92 Å². The lowest BCUT2D eigenvalue weighted by molar-refractivity contribution is -0.443. The van der Waals surface area contributed by atoms with E-state index >= 15 is 0 Å². The third kappa shape index (κ3) is 3.57. The Kier molecular flexibility index (Phi) is 6.96. The van der Waals surface area contributed by atoms with E-state index in [9.17, 15) is 57.1 Å². The molecule has 0 aliphatic rings. The third-order valence-corrected chi connectivity index (χ3v) is 3.60. The van der Waals surface area contributed by atoms with Gasteiger partial charge in [-0.05, 0) is 6.42 Å². The second-order valence-electron chi connectivity index (χ2n) is 5.44. The van der Waals surface area contributed by atoms with Crippen molar-refractivity contribution in [2.45, 2.75) is 62.0 Å². The molecule has 26 heavy (non-hydrogen) atoms. The monoisotopic (exact) mass is 420 g/mol. The molecule has 1 nitrogen and oxygen atoms in total. The zero-order valence-electron chi connectivity index (χ0n) is 12.8. The van der Waals surface area contributed by atoms with Gasteiger partial charge in [-0.2, -0.15) is 57.1 Å². The first-order valence-corrected chi connectivity index (χ1v) is 6.84. The molecule has 0 spiro atoms. The molecule has 0 aromatic heterocycles. The Bertz CT molecular complexity index is 468. The van der Waals surface area contributed by atoms with E-state index in [2.05, 4.69) is 0 Å². The molecule has 0 bridgehead atoms. The van der Waals surface area contributed by atoms with Crippen molar-refractivity contribution in [1.29, 1.82) is 0 Å². The fourth-order valence-electron chi connectivity index (χ4n) is 1.88. The highest BCUT2D eigenvalue weighted by Gasteiger charge is 2.91. The van der Waals surface area contributed by atoms with Crippen LogP contribution in [-0.4, -0.2) is 47.5 Å². The number of aliphatic hydroxyl groups excluding tert-OH is 1. The summed E-state index contributed by atoms with van der Waals surface area (Å²) in [7, 11) is 0. The lowest BCUT2D eigenvalue weighted by Crippen LogP contribution is -2.71. The number of alkyl halides is 13. The Morgan fingerprint density at radius 3 is 1.35 bits per heavy atom. The fourth-order valence-corrected chi connectivity index (χ4v) is 1.88. The molecule has 0 radical (unpaired) electrons. The second kappa shape index (κ2) is 7.23. The molecule has 0 aliphatic carbocycles. The number of hydrogen-bond donors (Lipinski definition) is 1. The van der Waals surface area contributed by atoms with Gasteiger partial charge in [-0.15, -0.1) is 0 Å². The Morgan fingerprint density at radius 2 is 1.04 bits per heavy atom. The Hall–Kier alpha value is -0.950. The summed E-state index contributed by atoms with van der Waals surface area (Å²) >= 11 is 0. The highest BCUT2D eigenvalue weighted by Crippen LogP contribution is 2.61. The molecule has 0 aromatic rings. The van der Waals surface area contributed by atoms with Crippen LogP contribution in [0.1, 0.15) is 26.2 Å². The van der Waals surface area contributed by atoms with E-state index in [-0.39, 0.29) is 12.8 Å². The second-order valence-corrected chi connectivity index (χ2v) is 5.44. The minimum atomic E-state index is -7.91. The Morgan fingerprint density at radius 1 is 0.654 bits per heavy atom. The quantitative estimate of drug-likeness (QED) is 0.487. The SMILES string of the molecule is CCCCC(CO)C(F)(F)C(F)(F)C(F)(F)C(F)(F)C(F)(F)C(F)(F)F. The summed E-state index contributed by atoms with van der Waals surface area (Å²) in [4.78, 5) is 0. The molecule has 1 unspecified atom stereocenters. The van der Waals surface area contributed by atoms with Crippen molar-refractivity contribution >= 4 is 0 Å². The lowest BCUT2D eigenvalue weighted by atomic mass is 9.85. The molecular weight excluding hydrogens is 407 g/mol. The van der Waals surface area contributed by atoms with Crippen LogP contribution in [-0.2, 0) is 0 Å². The van der Waals surface area contributed by atoms with Crippen molar-refractivity contribution < 1.29 is 62.2 Å². The molecule has 1 N–H and O–H groups in total. The van der Waals surface area contributed by atoms with E-state index in [1.165, 1.54) is 6.92 Å². The third-order valence-electron chi connectivity index (χ3n) is 3.60. The van der Waals surface area contributed by atoms with Gasteiger partial charge >= 0.3 is 35.8 Å². The van der Waals surface area contributed by atoms with Crippen LogP contribution in [0.15, 0.2) is 0 Å². The Balaban J connectivity index is 6.22. The molecule has 0 fully saturated rings. The van der Waals surface area contributed by atoms with Crippen LogP contribution in [0, 0.1) is 5.92 Å². The average molecular weight is 420 g/mol. The average Bonchev–Trinajstić information content (AvgIpc) is 2.45. The van der Waals surface area contributed by atoms with Crippen LogP contribution in [0.3, 0.4) is 0 Å². The molecule has 0 amide bonds. The van der Waals surface area contributed by atoms with Crippen molar-refractivity contribution in [3.8, 4) is 0 Å². The van der Waals surface area contributed by atoms with Gasteiger partial charge in [0.05, 0.1) is 12.5 Å². The van der Waals surface area contributed by atoms with Gasteiger partial charge in [0.25, 0.3) is 0 Å². The van der Waals surface area contributed by atoms with Crippen molar-refractivity contribution in [3.05, 3.63) is 0 Å². The molecule has 0 aromatic carbocycles. The summed E-state index contributed by atoms with van der Waals surface area (Å²) in [5.74, 6) is -40.1. The molecule has 14 heteroatoms. The Labute approximate surface area is 138 Å². The molecule has 0 heterocycles. The number of hydrogen-bond acceptors (Lipinski definition) is 1. The van der Waals surface area contributed by atoms with Gasteiger partial charge in [0, 0.05) is 0 Å². The largest absolute Gasteiger partial charge is 0.460 e. The van der Waals surface area contributed by atoms with E-state index in [4.69, 9.17) is 5.11 Å². The number of unbranched alkanes of at least 4 members (excludes halogenated alkanes) is 1. The molecule has 0 rings (SSSR count). The van der Waals surface area contributed by atoms with Gasteiger partial charge in [0.15, 0.2) is 0 Å². The van der Waals surface area contributed by atoms with E-state index in [0.717, 1.165) is 0 Å². The van der Waals surface area contributed by atoms with E-state index < -0.39 is 54.7 Å². The van der Waals surface area contributed by atoms with E-state index in [1.54, 1.807) is 0 Å².